The first-order valence-corrected chi connectivity index (χ1v) is 8.90. The van der Waals surface area contributed by atoms with Crippen LogP contribution in [0.25, 0.3) is 0 Å². The van der Waals surface area contributed by atoms with Crippen LogP contribution >= 0.6 is 15.9 Å². The molecule has 2 aromatic rings. The lowest BCUT2D eigenvalue weighted by molar-refractivity contribution is -0.126. The van der Waals surface area contributed by atoms with Gasteiger partial charge in [-0.3, -0.25) is 9.59 Å². The number of nitrogens with one attached hydrogen (secondary N) is 1. The van der Waals surface area contributed by atoms with E-state index < -0.39 is 0 Å². The smallest absolute Gasteiger partial charge is 0.227 e. The molecule has 2 aromatic carbocycles. The third-order valence-corrected chi connectivity index (χ3v) is 4.71. The van der Waals surface area contributed by atoms with Crippen LogP contribution in [0.4, 0.5) is 10.1 Å². The molecule has 0 saturated carbocycles. The molecule has 6 heteroatoms. The summed E-state index contributed by atoms with van der Waals surface area (Å²) in [7, 11) is 0. The standard InChI is InChI=1S/C19H18BrFN2O2/c20-15-4-2-6-17(11-15)23-12-14(10-18(23)24)19(25)22-8-7-13-3-1-5-16(21)9-13/h1-6,9,11,14H,7-8,10,12H2,(H,22,25). The highest BCUT2D eigenvalue weighted by Crippen LogP contribution is 2.27. The van der Waals surface area contributed by atoms with Crippen LogP contribution in [0.2, 0.25) is 0 Å². The molecule has 0 aromatic heterocycles. The molecule has 25 heavy (non-hydrogen) atoms. The van der Waals surface area contributed by atoms with E-state index in [1.165, 1.54) is 12.1 Å². The molecular formula is C19H18BrFN2O2. The summed E-state index contributed by atoms with van der Waals surface area (Å²) >= 11 is 3.39. The number of hydrogen-bond donors (Lipinski definition) is 1. The van der Waals surface area contributed by atoms with Crippen LogP contribution in [0.15, 0.2) is 53.0 Å². The first-order valence-electron chi connectivity index (χ1n) is 8.11. The van der Waals surface area contributed by atoms with Gasteiger partial charge in [0, 0.05) is 29.7 Å². The van der Waals surface area contributed by atoms with Gasteiger partial charge < -0.3 is 10.2 Å². The molecule has 1 aliphatic heterocycles. The van der Waals surface area contributed by atoms with E-state index in [0.29, 0.717) is 19.5 Å². The lowest BCUT2D eigenvalue weighted by atomic mass is 10.1. The predicted octanol–water partition coefficient (Wildman–Crippen LogP) is 3.30. The SMILES string of the molecule is O=C(NCCc1cccc(F)c1)C1CC(=O)N(c2cccc(Br)c2)C1. The van der Waals surface area contributed by atoms with E-state index in [-0.39, 0.29) is 30.0 Å². The van der Waals surface area contributed by atoms with E-state index in [2.05, 4.69) is 21.2 Å². The van der Waals surface area contributed by atoms with Crippen molar-refractivity contribution in [3.63, 3.8) is 0 Å². The quantitative estimate of drug-likeness (QED) is 0.830. The molecule has 3 rings (SSSR count). The van der Waals surface area contributed by atoms with Gasteiger partial charge in [-0.25, -0.2) is 4.39 Å². The van der Waals surface area contributed by atoms with Crippen molar-refractivity contribution in [2.75, 3.05) is 18.0 Å². The van der Waals surface area contributed by atoms with Gasteiger partial charge in [0.15, 0.2) is 0 Å². The van der Waals surface area contributed by atoms with Crippen LogP contribution in [0, 0.1) is 11.7 Å². The number of carbonyl (C=O) groups excluding carboxylic acids is 2. The second kappa shape index (κ2) is 7.78. The van der Waals surface area contributed by atoms with Gasteiger partial charge in [0.25, 0.3) is 0 Å². The van der Waals surface area contributed by atoms with Gasteiger partial charge in [0.1, 0.15) is 5.82 Å². The molecule has 1 N–H and O–H groups in total. The number of hydrogen-bond acceptors (Lipinski definition) is 2. The molecule has 0 spiro atoms. The first-order chi connectivity index (χ1) is 12.0. The Balaban J connectivity index is 1.54. The van der Waals surface area contributed by atoms with Crippen molar-refractivity contribution >= 4 is 33.4 Å². The Morgan fingerprint density at radius 2 is 2.04 bits per heavy atom. The number of carbonyl (C=O) groups is 2. The second-order valence-corrected chi connectivity index (χ2v) is 6.97. The van der Waals surface area contributed by atoms with Crippen molar-refractivity contribution in [1.82, 2.24) is 5.32 Å². The molecule has 1 saturated heterocycles. The van der Waals surface area contributed by atoms with E-state index in [0.717, 1.165) is 15.7 Å². The molecule has 4 nitrogen and oxygen atoms in total. The van der Waals surface area contributed by atoms with Crippen molar-refractivity contribution in [2.24, 2.45) is 5.92 Å². The van der Waals surface area contributed by atoms with Crippen molar-refractivity contribution in [3.8, 4) is 0 Å². The zero-order valence-electron chi connectivity index (χ0n) is 13.5. The van der Waals surface area contributed by atoms with Crippen LogP contribution in [-0.2, 0) is 16.0 Å². The second-order valence-electron chi connectivity index (χ2n) is 6.06. The van der Waals surface area contributed by atoms with Gasteiger partial charge in [0.2, 0.25) is 11.8 Å². The molecule has 1 unspecified atom stereocenters. The maximum atomic E-state index is 13.1. The van der Waals surface area contributed by atoms with Crippen LogP contribution in [0.3, 0.4) is 0 Å². The normalized spacial score (nSPS) is 17.0. The minimum atomic E-state index is -0.362. The van der Waals surface area contributed by atoms with Crippen molar-refractivity contribution < 1.29 is 14.0 Å². The monoisotopic (exact) mass is 404 g/mol. The number of anilines is 1. The fourth-order valence-electron chi connectivity index (χ4n) is 2.94. The zero-order chi connectivity index (χ0) is 17.8. The first kappa shape index (κ1) is 17.6. The predicted molar refractivity (Wildman–Crippen MR) is 97.7 cm³/mol. The van der Waals surface area contributed by atoms with Crippen LogP contribution in [-0.4, -0.2) is 24.9 Å². The van der Waals surface area contributed by atoms with E-state index in [1.54, 1.807) is 11.0 Å². The summed E-state index contributed by atoms with van der Waals surface area (Å²) in [6.07, 6.45) is 0.762. The Labute approximate surface area is 154 Å². The van der Waals surface area contributed by atoms with Crippen LogP contribution < -0.4 is 10.2 Å². The summed E-state index contributed by atoms with van der Waals surface area (Å²) in [5.41, 5.74) is 1.62. The summed E-state index contributed by atoms with van der Waals surface area (Å²) in [5.74, 6) is -0.834. The Kier molecular flexibility index (Phi) is 5.48. The molecule has 2 amide bonds. The minimum Gasteiger partial charge on any atom is -0.355 e. The van der Waals surface area contributed by atoms with Crippen molar-refractivity contribution in [2.45, 2.75) is 12.8 Å². The van der Waals surface area contributed by atoms with E-state index in [4.69, 9.17) is 0 Å². The maximum Gasteiger partial charge on any atom is 0.227 e. The summed E-state index contributed by atoms with van der Waals surface area (Å²) in [6, 6.07) is 13.8. The average molecular weight is 405 g/mol. The highest BCUT2D eigenvalue weighted by molar-refractivity contribution is 9.10. The number of rotatable bonds is 5. The van der Waals surface area contributed by atoms with Gasteiger partial charge >= 0.3 is 0 Å². The third kappa shape index (κ3) is 4.45. The highest BCUT2D eigenvalue weighted by atomic mass is 79.9. The van der Waals surface area contributed by atoms with Gasteiger partial charge in [0.05, 0.1) is 5.92 Å². The summed E-state index contributed by atoms with van der Waals surface area (Å²) in [6.45, 7) is 0.797. The lowest BCUT2D eigenvalue weighted by Crippen LogP contribution is -2.34. The number of amides is 2. The fraction of sp³-hybridized carbons (Fsp3) is 0.263. The molecule has 1 aliphatic rings. The number of halogens is 2. The van der Waals surface area contributed by atoms with E-state index >= 15 is 0 Å². The average Bonchev–Trinajstić information content (AvgIpc) is 2.97. The fourth-order valence-corrected chi connectivity index (χ4v) is 3.33. The zero-order valence-corrected chi connectivity index (χ0v) is 15.1. The molecule has 1 fully saturated rings. The van der Waals surface area contributed by atoms with E-state index in [1.807, 2.05) is 30.3 Å². The molecule has 1 atom stereocenters. The molecule has 0 aliphatic carbocycles. The van der Waals surface area contributed by atoms with E-state index in [9.17, 15) is 14.0 Å². The third-order valence-electron chi connectivity index (χ3n) is 4.22. The molecule has 0 bridgehead atoms. The summed E-state index contributed by atoms with van der Waals surface area (Å²) in [5, 5.41) is 2.85. The molecule has 0 radical (unpaired) electrons. The molecule has 1 heterocycles. The number of benzene rings is 2. The Morgan fingerprint density at radius 1 is 1.24 bits per heavy atom. The van der Waals surface area contributed by atoms with Gasteiger partial charge in [-0.1, -0.05) is 34.1 Å². The minimum absolute atomic E-state index is 0.0524. The van der Waals surface area contributed by atoms with Crippen molar-refractivity contribution in [3.05, 3.63) is 64.4 Å². The number of nitrogens with zero attached hydrogens (tertiary/aromatic N) is 1. The summed E-state index contributed by atoms with van der Waals surface area (Å²) < 4.78 is 14.0. The molecule has 130 valence electrons. The lowest BCUT2D eigenvalue weighted by Gasteiger charge is -2.17. The van der Waals surface area contributed by atoms with Gasteiger partial charge in [-0.05, 0) is 42.3 Å². The van der Waals surface area contributed by atoms with Gasteiger partial charge in [-0.2, -0.15) is 0 Å². The maximum absolute atomic E-state index is 13.1. The van der Waals surface area contributed by atoms with Gasteiger partial charge in [-0.15, -0.1) is 0 Å². The Hall–Kier alpha value is -2.21. The summed E-state index contributed by atoms with van der Waals surface area (Å²) in [4.78, 5) is 26.2. The molecular weight excluding hydrogens is 387 g/mol. The van der Waals surface area contributed by atoms with Crippen molar-refractivity contribution in [1.29, 1.82) is 0 Å². The van der Waals surface area contributed by atoms with Crippen LogP contribution in [0.1, 0.15) is 12.0 Å². The Morgan fingerprint density at radius 3 is 2.80 bits per heavy atom. The highest BCUT2D eigenvalue weighted by Gasteiger charge is 2.34. The Bertz CT molecular complexity index is 796. The van der Waals surface area contributed by atoms with Crippen LogP contribution in [0.5, 0.6) is 0 Å². The topological polar surface area (TPSA) is 49.4 Å². The largest absolute Gasteiger partial charge is 0.355 e.